The number of hydrogen-bond acceptors (Lipinski definition) is 3. The molecule has 0 aliphatic heterocycles. The Balaban J connectivity index is 1.81. The summed E-state index contributed by atoms with van der Waals surface area (Å²) < 4.78 is 2.32. The lowest BCUT2D eigenvalue weighted by Gasteiger charge is -2.20. The fourth-order valence-corrected chi connectivity index (χ4v) is 2.72. The van der Waals surface area contributed by atoms with Crippen LogP contribution in [0, 0.1) is 11.3 Å². The van der Waals surface area contributed by atoms with Gasteiger partial charge in [0, 0.05) is 12.2 Å². The van der Waals surface area contributed by atoms with Gasteiger partial charge in [-0.1, -0.05) is 0 Å². The fourth-order valence-electron chi connectivity index (χ4n) is 2.72. The summed E-state index contributed by atoms with van der Waals surface area (Å²) in [7, 11) is 1.86. The van der Waals surface area contributed by atoms with Crippen molar-refractivity contribution in [3.63, 3.8) is 0 Å². The molecule has 0 saturated carbocycles. The maximum absolute atomic E-state index is 9.10. The van der Waals surface area contributed by atoms with Gasteiger partial charge in [-0.05, 0) is 58.9 Å². The van der Waals surface area contributed by atoms with Crippen LogP contribution in [0.15, 0.2) is 6.33 Å². The van der Waals surface area contributed by atoms with Crippen molar-refractivity contribution in [1.82, 2.24) is 14.9 Å². The number of aromatic nitrogens is 2. The average Bonchev–Trinajstić information content (AvgIpc) is 2.87. The van der Waals surface area contributed by atoms with Gasteiger partial charge in [0.15, 0.2) is 0 Å². The number of imidazole rings is 1. The van der Waals surface area contributed by atoms with Gasteiger partial charge in [-0.3, -0.25) is 0 Å². The van der Waals surface area contributed by atoms with E-state index >= 15 is 0 Å². The molecule has 2 rings (SSSR count). The molecule has 0 aromatic carbocycles. The highest BCUT2D eigenvalue weighted by Crippen LogP contribution is 2.20. The molecule has 1 aromatic heterocycles. The molecule has 1 heterocycles. The Morgan fingerprint density at radius 3 is 2.95 bits per heavy atom. The van der Waals surface area contributed by atoms with Gasteiger partial charge in [0.2, 0.25) is 0 Å². The molecule has 1 atom stereocenters. The number of aryl methyl sites for hydroxylation is 2. The highest BCUT2D eigenvalue weighted by molar-refractivity contribution is 5.16. The summed E-state index contributed by atoms with van der Waals surface area (Å²) in [6.07, 6.45) is 9.99. The number of rotatable bonds is 6. The molecule has 104 valence electrons. The van der Waals surface area contributed by atoms with Crippen molar-refractivity contribution < 1.29 is 0 Å². The first-order chi connectivity index (χ1) is 9.18. The van der Waals surface area contributed by atoms with Crippen LogP contribution in [0.5, 0.6) is 0 Å². The summed E-state index contributed by atoms with van der Waals surface area (Å²) in [5.74, 6) is 0. The smallest absolute Gasteiger partial charge is 0.103 e. The normalized spacial score (nSPS) is 17.5. The van der Waals surface area contributed by atoms with Crippen LogP contribution in [0.3, 0.4) is 0 Å². The Morgan fingerprint density at radius 2 is 2.21 bits per heavy atom. The Kier molecular flexibility index (Phi) is 4.60. The molecule has 0 spiro atoms. The molecule has 1 aromatic rings. The first-order valence-corrected chi connectivity index (χ1v) is 7.31. The fraction of sp³-hybridized carbons (Fsp3) is 0.733. The van der Waals surface area contributed by atoms with E-state index in [1.165, 1.54) is 30.7 Å². The van der Waals surface area contributed by atoms with E-state index in [1.54, 1.807) is 0 Å². The van der Waals surface area contributed by atoms with Crippen molar-refractivity contribution in [2.24, 2.45) is 0 Å². The predicted octanol–water partition coefficient (Wildman–Crippen LogP) is 2.43. The Morgan fingerprint density at radius 1 is 1.42 bits per heavy atom. The molecule has 0 saturated heterocycles. The zero-order valence-corrected chi connectivity index (χ0v) is 12.1. The summed E-state index contributed by atoms with van der Waals surface area (Å²) >= 11 is 0. The average molecular weight is 260 g/mol. The minimum Gasteiger partial charge on any atom is -0.334 e. The van der Waals surface area contributed by atoms with E-state index in [4.69, 9.17) is 5.26 Å². The van der Waals surface area contributed by atoms with Gasteiger partial charge in [-0.15, -0.1) is 0 Å². The molecule has 0 bridgehead atoms. The largest absolute Gasteiger partial charge is 0.334 e. The number of nitriles is 1. The monoisotopic (exact) mass is 260 g/mol. The molecule has 4 nitrogen and oxygen atoms in total. The predicted molar refractivity (Wildman–Crippen MR) is 75.8 cm³/mol. The zero-order chi connectivity index (χ0) is 13.7. The molecule has 0 amide bonds. The Bertz CT molecular complexity index is 457. The van der Waals surface area contributed by atoms with E-state index < -0.39 is 0 Å². The minimum absolute atomic E-state index is 0.381. The second-order valence-corrected chi connectivity index (χ2v) is 5.69. The maximum atomic E-state index is 9.10. The third kappa shape index (κ3) is 3.36. The van der Waals surface area contributed by atoms with Crippen molar-refractivity contribution in [3.8, 4) is 6.07 Å². The van der Waals surface area contributed by atoms with Crippen molar-refractivity contribution in [2.45, 2.75) is 64.0 Å². The lowest BCUT2D eigenvalue weighted by atomic mass is 9.97. The molecule has 0 radical (unpaired) electrons. The second-order valence-electron chi connectivity index (χ2n) is 5.69. The molecule has 1 unspecified atom stereocenters. The van der Waals surface area contributed by atoms with Crippen molar-refractivity contribution in [3.05, 3.63) is 17.7 Å². The van der Waals surface area contributed by atoms with Gasteiger partial charge in [-0.2, -0.15) is 5.26 Å². The van der Waals surface area contributed by atoms with Gasteiger partial charge in [-0.25, -0.2) is 4.98 Å². The number of nitrogens with zero attached hydrogens (tertiary/aromatic N) is 3. The Labute approximate surface area is 115 Å². The van der Waals surface area contributed by atoms with E-state index in [-0.39, 0.29) is 5.54 Å². The van der Waals surface area contributed by atoms with Crippen molar-refractivity contribution in [1.29, 1.82) is 5.26 Å². The summed E-state index contributed by atoms with van der Waals surface area (Å²) in [4.78, 5) is 4.51. The maximum Gasteiger partial charge on any atom is 0.103 e. The topological polar surface area (TPSA) is 53.6 Å². The number of fused-ring (bicyclic) bond motifs is 1. The number of unbranched alkanes of at least 4 members (excludes halogenated alkanes) is 1. The standard InChI is InChI=1S/C15H24N4/c1-15(11-16,17-2)9-5-6-10-19-12-18-13-7-3-4-8-14(13)19/h12,17H,3-10H2,1-2H3. The van der Waals surface area contributed by atoms with Gasteiger partial charge >= 0.3 is 0 Å². The van der Waals surface area contributed by atoms with Crippen LogP contribution in [0.2, 0.25) is 0 Å². The lowest BCUT2D eigenvalue weighted by Crippen LogP contribution is -2.37. The van der Waals surface area contributed by atoms with Crippen LogP contribution in [-0.2, 0) is 19.4 Å². The molecule has 1 N–H and O–H groups in total. The SMILES string of the molecule is CNC(C)(C#N)CCCCn1cnc2c1CCCC2. The molecule has 1 aliphatic rings. The van der Waals surface area contributed by atoms with Crippen LogP contribution in [0.25, 0.3) is 0 Å². The van der Waals surface area contributed by atoms with E-state index in [1.807, 2.05) is 20.3 Å². The summed E-state index contributed by atoms with van der Waals surface area (Å²) in [5, 5.41) is 12.2. The quantitative estimate of drug-likeness (QED) is 0.799. The van der Waals surface area contributed by atoms with E-state index in [9.17, 15) is 0 Å². The second kappa shape index (κ2) is 6.21. The van der Waals surface area contributed by atoms with E-state index in [0.717, 1.165) is 32.2 Å². The third-order valence-electron chi connectivity index (χ3n) is 4.23. The lowest BCUT2D eigenvalue weighted by molar-refractivity contribution is 0.422. The number of nitrogens with one attached hydrogen (secondary N) is 1. The van der Waals surface area contributed by atoms with Gasteiger partial charge in [0.05, 0.1) is 18.1 Å². The minimum atomic E-state index is -0.381. The molecular formula is C15H24N4. The molecule has 19 heavy (non-hydrogen) atoms. The van der Waals surface area contributed by atoms with Crippen LogP contribution in [-0.4, -0.2) is 22.1 Å². The highest BCUT2D eigenvalue weighted by Gasteiger charge is 2.20. The van der Waals surface area contributed by atoms with Crippen LogP contribution >= 0.6 is 0 Å². The first-order valence-electron chi connectivity index (χ1n) is 7.31. The van der Waals surface area contributed by atoms with Crippen molar-refractivity contribution >= 4 is 0 Å². The molecular weight excluding hydrogens is 236 g/mol. The van der Waals surface area contributed by atoms with Gasteiger partial charge < -0.3 is 9.88 Å². The zero-order valence-electron chi connectivity index (χ0n) is 12.1. The van der Waals surface area contributed by atoms with Crippen molar-refractivity contribution in [2.75, 3.05) is 7.05 Å². The summed E-state index contributed by atoms with van der Waals surface area (Å²) in [5.41, 5.74) is 2.38. The van der Waals surface area contributed by atoms with Crippen LogP contribution < -0.4 is 5.32 Å². The third-order valence-corrected chi connectivity index (χ3v) is 4.23. The first kappa shape index (κ1) is 14.1. The molecule has 4 heteroatoms. The van der Waals surface area contributed by atoms with E-state index in [0.29, 0.717) is 0 Å². The highest BCUT2D eigenvalue weighted by atomic mass is 15.1. The van der Waals surface area contributed by atoms with Gasteiger partial charge in [0.1, 0.15) is 5.54 Å². The molecule has 0 fully saturated rings. The van der Waals surface area contributed by atoms with Gasteiger partial charge in [0.25, 0.3) is 0 Å². The van der Waals surface area contributed by atoms with Crippen LogP contribution in [0.4, 0.5) is 0 Å². The van der Waals surface area contributed by atoms with Crippen LogP contribution in [0.1, 0.15) is 50.4 Å². The Hall–Kier alpha value is -1.34. The summed E-state index contributed by atoms with van der Waals surface area (Å²) in [6, 6.07) is 2.34. The number of hydrogen-bond donors (Lipinski definition) is 1. The summed E-state index contributed by atoms with van der Waals surface area (Å²) in [6.45, 7) is 3.00. The molecule has 1 aliphatic carbocycles. The van der Waals surface area contributed by atoms with E-state index in [2.05, 4.69) is 20.9 Å².